The summed E-state index contributed by atoms with van der Waals surface area (Å²) in [5.41, 5.74) is 4.86. The average molecular weight is 498 g/mol. The van der Waals surface area contributed by atoms with Gasteiger partial charge in [-0.25, -0.2) is 15.8 Å². The molecule has 3 aromatic rings. The third kappa shape index (κ3) is 4.85. The molecule has 1 aromatic carbocycles. The molecule has 1 unspecified atom stereocenters. The Bertz CT molecular complexity index is 1220. The number of amides is 1. The molecule has 2 aromatic heterocycles. The van der Waals surface area contributed by atoms with Crippen LogP contribution in [-0.2, 0) is 11.3 Å². The average Bonchev–Trinajstić information content (AvgIpc) is 3.22. The molecule has 1 atom stereocenters. The predicted octanol–water partition coefficient (Wildman–Crippen LogP) is 3.80. The summed E-state index contributed by atoms with van der Waals surface area (Å²) < 4.78 is 7.95. The van der Waals surface area contributed by atoms with Gasteiger partial charge in [0.05, 0.1) is 19.3 Å². The predicted molar refractivity (Wildman–Crippen MR) is 136 cm³/mol. The number of rotatable bonds is 5. The van der Waals surface area contributed by atoms with Gasteiger partial charge in [-0.15, -0.1) is 0 Å². The third-order valence-electron chi connectivity index (χ3n) is 7.22. The third-order valence-corrected chi connectivity index (χ3v) is 7.45. The van der Waals surface area contributed by atoms with Crippen molar-refractivity contribution in [1.82, 2.24) is 24.9 Å². The smallest absolute Gasteiger partial charge is 0.303 e. The van der Waals surface area contributed by atoms with Crippen LogP contribution in [0.15, 0.2) is 24.3 Å². The summed E-state index contributed by atoms with van der Waals surface area (Å²) in [5.74, 6) is 6.99. The Morgan fingerprint density at radius 2 is 2.00 bits per heavy atom. The van der Waals surface area contributed by atoms with Gasteiger partial charge in [0.15, 0.2) is 5.65 Å². The van der Waals surface area contributed by atoms with E-state index >= 15 is 0 Å². The summed E-state index contributed by atoms with van der Waals surface area (Å²) >= 11 is 6.34. The fourth-order valence-electron chi connectivity index (χ4n) is 5.21. The van der Waals surface area contributed by atoms with E-state index in [1.54, 1.807) is 0 Å². The second kappa shape index (κ2) is 10.1. The van der Waals surface area contributed by atoms with E-state index in [-0.39, 0.29) is 11.9 Å². The number of fused-ring (bicyclic) bond motifs is 1. The van der Waals surface area contributed by atoms with Crippen LogP contribution in [0.2, 0.25) is 5.02 Å². The molecule has 2 fully saturated rings. The molecule has 1 aliphatic heterocycles. The number of nitrogen functional groups attached to an aromatic ring is 1. The maximum absolute atomic E-state index is 12.5. The lowest BCUT2D eigenvalue weighted by Gasteiger charge is -2.35. The van der Waals surface area contributed by atoms with Gasteiger partial charge >= 0.3 is 5.91 Å². The molecule has 3 N–H and O–H groups in total. The number of hydrazine groups is 1. The van der Waals surface area contributed by atoms with E-state index in [0.29, 0.717) is 35.5 Å². The number of morpholine rings is 1. The van der Waals surface area contributed by atoms with Crippen molar-refractivity contribution in [2.75, 3.05) is 24.7 Å². The molecule has 5 rings (SSSR count). The van der Waals surface area contributed by atoms with Crippen LogP contribution in [0.4, 0.5) is 5.95 Å². The molecule has 1 aliphatic carbocycles. The van der Waals surface area contributed by atoms with E-state index in [4.69, 9.17) is 27.2 Å². The Kier molecular flexibility index (Phi) is 6.91. The molecule has 1 amide bonds. The van der Waals surface area contributed by atoms with Gasteiger partial charge in [0.2, 0.25) is 11.8 Å². The zero-order valence-electron chi connectivity index (χ0n) is 20.2. The first-order valence-electron chi connectivity index (χ1n) is 12.3. The summed E-state index contributed by atoms with van der Waals surface area (Å²) in [4.78, 5) is 28.9. The second-order valence-electron chi connectivity index (χ2n) is 9.82. The van der Waals surface area contributed by atoms with Crippen molar-refractivity contribution in [2.24, 2.45) is 17.7 Å². The first kappa shape index (κ1) is 24.0. The second-order valence-corrected chi connectivity index (χ2v) is 10.3. The standard InChI is InChI=1S/C25H32ClN7O2/c1-15-6-8-17(9-7-15)13-33-21-20(18-4-3-5-19(26)12-18)28-23(24(34)31-27)29-22(21)30-25(33)32-10-11-35-14-16(32)2/h3-5,12,15-17H,6-11,13-14,27H2,1-2H3,(H,31,34). The maximum atomic E-state index is 12.5. The number of aromatic nitrogens is 4. The van der Waals surface area contributed by atoms with E-state index < -0.39 is 5.91 Å². The van der Waals surface area contributed by atoms with Crippen molar-refractivity contribution in [2.45, 2.75) is 52.1 Å². The Labute approximate surface area is 210 Å². The zero-order valence-corrected chi connectivity index (χ0v) is 21.0. The minimum atomic E-state index is -0.563. The molecule has 1 saturated carbocycles. The van der Waals surface area contributed by atoms with Gasteiger partial charge in [0.1, 0.15) is 11.2 Å². The highest BCUT2D eigenvalue weighted by Crippen LogP contribution is 2.36. The first-order chi connectivity index (χ1) is 16.9. The van der Waals surface area contributed by atoms with Crippen LogP contribution >= 0.6 is 11.6 Å². The van der Waals surface area contributed by atoms with Gasteiger partial charge in [-0.1, -0.05) is 43.5 Å². The monoisotopic (exact) mass is 497 g/mol. The maximum Gasteiger partial charge on any atom is 0.303 e. The van der Waals surface area contributed by atoms with E-state index in [9.17, 15) is 4.79 Å². The molecule has 10 heteroatoms. The summed E-state index contributed by atoms with van der Waals surface area (Å²) in [6.45, 7) is 7.31. The number of nitrogens with one attached hydrogen (secondary N) is 1. The van der Waals surface area contributed by atoms with Gasteiger partial charge in [-0.3, -0.25) is 10.2 Å². The fraction of sp³-hybridized carbons (Fsp3) is 0.520. The van der Waals surface area contributed by atoms with Crippen LogP contribution in [0.3, 0.4) is 0 Å². The summed E-state index contributed by atoms with van der Waals surface area (Å²) in [6.07, 6.45) is 4.83. The molecular weight excluding hydrogens is 466 g/mol. The molecule has 9 nitrogen and oxygen atoms in total. The minimum absolute atomic E-state index is 0.0207. The Morgan fingerprint density at radius 3 is 2.71 bits per heavy atom. The van der Waals surface area contributed by atoms with E-state index in [2.05, 4.69) is 38.7 Å². The van der Waals surface area contributed by atoms with Crippen molar-refractivity contribution in [3.8, 4) is 11.3 Å². The Balaban J connectivity index is 1.72. The zero-order chi connectivity index (χ0) is 24.5. The number of hydrogen-bond donors (Lipinski definition) is 2. The van der Waals surface area contributed by atoms with Gasteiger partial charge < -0.3 is 14.2 Å². The van der Waals surface area contributed by atoms with Gasteiger partial charge in [-0.05, 0) is 43.7 Å². The summed E-state index contributed by atoms with van der Waals surface area (Å²) in [7, 11) is 0. The topological polar surface area (TPSA) is 111 Å². The van der Waals surface area contributed by atoms with Crippen molar-refractivity contribution in [3.63, 3.8) is 0 Å². The Morgan fingerprint density at radius 1 is 1.20 bits per heavy atom. The number of carbonyl (C=O) groups excluding carboxylic acids is 1. The normalized spacial score (nSPS) is 23.0. The fourth-order valence-corrected chi connectivity index (χ4v) is 5.40. The van der Waals surface area contributed by atoms with E-state index in [1.165, 1.54) is 25.7 Å². The van der Waals surface area contributed by atoms with Crippen LogP contribution < -0.4 is 16.2 Å². The van der Waals surface area contributed by atoms with Crippen LogP contribution in [0.25, 0.3) is 22.4 Å². The number of ether oxygens (including phenoxy) is 1. The molecule has 3 heterocycles. The highest BCUT2D eigenvalue weighted by molar-refractivity contribution is 6.30. The molecule has 0 spiro atoms. The lowest BCUT2D eigenvalue weighted by Crippen LogP contribution is -2.45. The number of anilines is 1. The number of halogens is 1. The summed E-state index contributed by atoms with van der Waals surface area (Å²) in [5, 5.41) is 0.591. The number of nitrogens with zero attached hydrogens (tertiary/aromatic N) is 5. The number of imidazole rings is 1. The molecule has 35 heavy (non-hydrogen) atoms. The van der Waals surface area contributed by atoms with Crippen LogP contribution in [0.5, 0.6) is 0 Å². The molecule has 0 bridgehead atoms. The molecule has 186 valence electrons. The van der Waals surface area contributed by atoms with Gasteiger partial charge in [-0.2, -0.15) is 4.98 Å². The van der Waals surface area contributed by atoms with Crippen molar-refractivity contribution in [3.05, 3.63) is 35.1 Å². The summed E-state index contributed by atoms with van der Waals surface area (Å²) in [6, 6.07) is 7.65. The molecule has 2 aliphatic rings. The highest BCUT2D eigenvalue weighted by Gasteiger charge is 2.30. The first-order valence-corrected chi connectivity index (χ1v) is 12.7. The minimum Gasteiger partial charge on any atom is -0.377 e. The van der Waals surface area contributed by atoms with Crippen LogP contribution in [-0.4, -0.2) is 51.2 Å². The molecule has 0 radical (unpaired) electrons. The number of nitrogens with two attached hydrogens (primary N) is 1. The van der Waals surface area contributed by atoms with Crippen molar-refractivity contribution >= 4 is 34.6 Å². The molecule has 1 saturated heterocycles. The van der Waals surface area contributed by atoms with Crippen LogP contribution in [0, 0.1) is 11.8 Å². The quantitative estimate of drug-likeness (QED) is 0.313. The van der Waals surface area contributed by atoms with Crippen molar-refractivity contribution < 1.29 is 9.53 Å². The SMILES string of the molecule is CC1CCC(Cn2c(N3CCOCC3C)nc3nc(C(=O)NN)nc(-c4cccc(Cl)c4)c32)CC1. The number of benzene rings is 1. The molecular formula is C25H32ClN7O2. The largest absolute Gasteiger partial charge is 0.377 e. The van der Waals surface area contributed by atoms with Crippen molar-refractivity contribution in [1.29, 1.82) is 0 Å². The lowest BCUT2D eigenvalue weighted by molar-refractivity contribution is 0.0943. The number of carbonyl (C=O) groups is 1. The van der Waals surface area contributed by atoms with Crippen LogP contribution in [0.1, 0.15) is 50.1 Å². The van der Waals surface area contributed by atoms with Gasteiger partial charge in [0.25, 0.3) is 0 Å². The van der Waals surface area contributed by atoms with E-state index in [0.717, 1.165) is 36.0 Å². The van der Waals surface area contributed by atoms with Gasteiger partial charge in [0, 0.05) is 23.7 Å². The lowest BCUT2D eigenvalue weighted by atomic mass is 9.83. The number of hydrogen-bond acceptors (Lipinski definition) is 7. The highest BCUT2D eigenvalue weighted by atomic mass is 35.5. The Hall–Kier alpha value is -2.75. The van der Waals surface area contributed by atoms with E-state index in [1.807, 2.05) is 24.3 Å².